The van der Waals surface area contributed by atoms with Crippen molar-refractivity contribution in [1.82, 2.24) is 0 Å². The van der Waals surface area contributed by atoms with Crippen molar-refractivity contribution >= 4 is 5.97 Å². The van der Waals surface area contributed by atoms with Crippen LogP contribution in [0.15, 0.2) is 0 Å². The van der Waals surface area contributed by atoms with Gasteiger partial charge in [0.25, 0.3) is 5.97 Å². The number of nitrogens with two attached hydrogens (primary N) is 1. The Morgan fingerprint density at radius 2 is 1.65 bits per heavy atom. The third-order valence-corrected chi connectivity index (χ3v) is 3.53. The van der Waals surface area contributed by atoms with Crippen LogP contribution in [0, 0.1) is 5.92 Å². The van der Waals surface area contributed by atoms with Crippen LogP contribution >= 0.6 is 0 Å². The summed E-state index contributed by atoms with van der Waals surface area (Å²) < 4.78 is 0. The molecular weight excluding hydrogens is 214 g/mol. The molecule has 104 valence electrons. The summed E-state index contributed by atoms with van der Waals surface area (Å²) in [6.07, 6.45) is 7.40. The van der Waals surface area contributed by atoms with E-state index in [0.717, 1.165) is 25.7 Å². The SMILES string of the molecule is CC(=O)O.CCCCC(CC)C(N)(CC)CC. The molecule has 17 heavy (non-hydrogen) atoms. The average Bonchev–Trinajstić information content (AvgIpc) is 2.28. The van der Waals surface area contributed by atoms with Crippen LogP contribution in [-0.4, -0.2) is 16.6 Å². The predicted octanol–water partition coefficient (Wildman–Crippen LogP) is 3.81. The van der Waals surface area contributed by atoms with E-state index in [1.54, 1.807) is 0 Å². The van der Waals surface area contributed by atoms with Gasteiger partial charge in [-0.15, -0.1) is 0 Å². The summed E-state index contributed by atoms with van der Waals surface area (Å²) >= 11 is 0. The van der Waals surface area contributed by atoms with E-state index in [1.165, 1.54) is 25.7 Å². The lowest BCUT2D eigenvalue weighted by atomic mass is 9.76. The van der Waals surface area contributed by atoms with Crippen LogP contribution in [0.4, 0.5) is 0 Å². The molecule has 1 atom stereocenters. The lowest BCUT2D eigenvalue weighted by Crippen LogP contribution is -2.45. The van der Waals surface area contributed by atoms with Crippen LogP contribution in [0.3, 0.4) is 0 Å². The van der Waals surface area contributed by atoms with Gasteiger partial charge in [-0.25, -0.2) is 0 Å². The second-order valence-corrected chi connectivity index (χ2v) is 4.71. The van der Waals surface area contributed by atoms with Crippen molar-refractivity contribution in [2.45, 2.75) is 78.7 Å². The largest absolute Gasteiger partial charge is 0.481 e. The smallest absolute Gasteiger partial charge is 0.300 e. The zero-order valence-electron chi connectivity index (χ0n) is 12.3. The van der Waals surface area contributed by atoms with Gasteiger partial charge in [0.1, 0.15) is 0 Å². The van der Waals surface area contributed by atoms with Crippen molar-refractivity contribution in [3.8, 4) is 0 Å². The normalized spacial score (nSPS) is 12.6. The van der Waals surface area contributed by atoms with E-state index >= 15 is 0 Å². The molecule has 3 N–H and O–H groups in total. The molecule has 0 aliphatic heterocycles. The number of hydrogen-bond donors (Lipinski definition) is 2. The minimum absolute atomic E-state index is 0.101. The van der Waals surface area contributed by atoms with Crippen molar-refractivity contribution in [2.75, 3.05) is 0 Å². The predicted molar refractivity (Wildman–Crippen MR) is 74.1 cm³/mol. The first-order valence-corrected chi connectivity index (χ1v) is 6.86. The highest BCUT2D eigenvalue weighted by molar-refractivity contribution is 5.62. The third kappa shape index (κ3) is 9.16. The van der Waals surface area contributed by atoms with Crippen LogP contribution in [0.2, 0.25) is 0 Å². The number of rotatable bonds is 7. The lowest BCUT2D eigenvalue weighted by Gasteiger charge is -2.35. The summed E-state index contributed by atoms with van der Waals surface area (Å²) in [7, 11) is 0. The quantitative estimate of drug-likeness (QED) is 0.717. The van der Waals surface area contributed by atoms with Gasteiger partial charge < -0.3 is 10.8 Å². The number of carbonyl (C=O) groups is 1. The molecule has 0 aliphatic rings. The van der Waals surface area contributed by atoms with Gasteiger partial charge >= 0.3 is 0 Å². The Balaban J connectivity index is 0. The van der Waals surface area contributed by atoms with Crippen molar-refractivity contribution < 1.29 is 9.90 Å². The molecule has 0 heterocycles. The minimum Gasteiger partial charge on any atom is -0.481 e. The molecule has 0 aromatic heterocycles. The standard InChI is InChI=1S/C12H27N.C2H4O2/c1-5-9-10-11(6-2)12(13,7-3)8-4;1-2(3)4/h11H,5-10,13H2,1-4H3;1H3,(H,3,4). The maximum Gasteiger partial charge on any atom is 0.300 e. The first-order chi connectivity index (χ1) is 7.87. The fraction of sp³-hybridized carbons (Fsp3) is 0.929. The first kappa shape index (κ1) is 18.8. The highest BCUT2D eigenvalue weighted by Gasteiger charge is 2.29. The maximum atomic E-state index is 9.00. The molecule has 0 saturated carbocycles. The summed E-state index contributed by atoms with van der Waals surface area (Å²) in [5, 5.41) is 7.42. The van der Waals surface area contributed by atoms with E-state index in [2.05, 4.69) is 27.7 Å². The Bertz CT molecular complexity index is 185. The number of carboxylic acid groups (broad SMARTS) is 1. The van der Waals surface area contributed by atoms with Gasteiger partial charge in [0, 0.05) is 12.5 Å². The van der Waals surface area contributed by atoms with Crippen LogP contribution in [0.25, 0.3) is 0 Å². The molecule has 3 nitrogen and oxygen atoms in total. The zero-order valence-corrected chi connectivity index (χ0v) is 12.3. The fourth-order valence-electron chi connectivity index (χ4n) is 2.18. The van der Waals surface area contributed by atoms with Crippen LogP contribution in [0.1, 0.15) is 73.1 Å². The molecule has 1 unspecified atom stereocenters. The van der Waals surface area contributed by atoms with Gasteiger partial charge in [0.2, 0.25) is 0 Å². The number of carboxylic acids is 1. The number of unbranched alkanes of at least 4 members (excludes halogenated alkanes) is 1. The summed E-state index contributed by atoms with van der Waals surface area (Å²) in [6, 6.07) is 0. The van der Waals surface area contributed by atoms with Gasteiger partial charge in [-0.05, 0) is 25.2 Å². The van der Waals surface area contributed by atoms with Crippen LogP contribution < -0.4 is 5.73 Å². The number of aliphatic carboxylic acids is 1. The Labute approximate surface area is 107 Å². The van der Waals surface area contributed by atoms with Gasteiger partial charge in [-0.2, -0.15) is 0 Å². The molecule has 0 aliphatic carbocycles. The van der Waals surface area contributed by atoms with E-state index < -0.39 is 5.97 Å². The summed E-state index contributed by atoms with van der Waals surface area (Å²) in [4.78, 5) is 9.00. The molecular formula is C14H31NO2. The van der Waals surface area contributed by atoms with Crippen molar-refractivity contribution in [1.29, 1.82) is 0 Å². The highest BCUT2D eigenvalue weighted by Crippen LogP contribution is 2.29. The van der Waals surface area contributed by atoms with E-state index in [-0.39, 0.29) is 5.54 Å². The molecule has 0 aromatic carbocycles. The molecule has 0 radical (unpaired) electrons. The Morgan fingerprint density at radius 1 is 1.24 bits per heavy atom. The average molecular weight is 245 g/mol. The highest BCUT2D eigenvalue weighted by atomic mass is 16.4. The molecule has 0 saturated heterocycles. The Kier molecular flexibility index (Phi) is 11.7. The lowest BCUT2D eigenvalue weighted by molar-refractivity contribution is -0.134. The topological polar surface area (TPSA) is 63.3 Å². The van der Waals surface area contributed by atoms with E-state index in [4.69, 9.17) is 15.6 Å². The molecule has 3 heteroatoms. The zero-order chi connectivity index (χ0) is 13.9. The fourth-order valence-corrected chi connectivity index (χ4v) is 2.18. The molecule has 0 spiro atoms. The molecule has 0 rings (SSSR count). The minimum atomic E-state index is -0.833. The Morgan fingerprint density at radius 3 is 1.88 bits per heavy atom. The Hall–Kier alpha value is -0.570. The number of hydrogen-bond acceptors (Lipinski definition) is 2. The van der Waals surface area contributed by atoms with E-state index in [9.17, 15) is 0 Å². The van der Waals surface area contributed by atoms with Gasteiger partial charge in [-0.3, -0.25) is 4.79 Å². The van der Waals surface area contributed by atoms with Crippen LogP contribution in [0.5, 0.6) is 0 Å². The second kappa shape index (κ2) is 10.6. The summed E-state index contributed by atoms with van der Waals surface area (Å²) in [5.41, 5.74) is 6.49. The summed E-state index contributed by atoms with van der Waals surface area (Å²) in [6.45, 7) is 10.0. The molecule has 0 amide bonds. The van der Waals surface area contributed by atoms with Crippen molar-refractivity contribution in [3.05, 3.63) is 0 Å². The second-order valence-electron chi connectivity index (χ2n) is 4.71. The van der Waals surface area contributed by atoms with Gasteiger partial charge in [-0.1, -0.05) is 47.0 Å². The summed E-state index contributed by atoms with van der Waals surface area (Å²) in [5.74, 6) is -0.109. The van der Waals surface area contributed by atoms with Crippen LogP contribution in [-0.2, 0) is 4.79 Å². The maximum absolute atomic E-state index is 9.00. The third-order valence-electron chi connectivity index (χ3n) is 3.53. The molecule has 0 fully saturated rings. The first-order valence-electron chi connectivity index (χ1n) is 6.86. The van der Waals surface area contributed by atoms with Gasteiger partial charge in [0.05, 0.1) is 0 Å². The van der Waals surface area contributed by atoms with Gasteiger partial charge in [0.15, 0.2) is 0 Å². The van der Waals surface area contributed by atoms with Crippen molar-refractivity contribution in [2.24, 2.45) is 11.7 Å². The molecule has 0 bridgehead atoms. The molecule has 0 aromatic rings. The van der Waals surface area contributed by atoms with E-state index in [0.29, 0.717) is 0 Å². The van der Waals surface area contributed by atoms with E-state index in [1.807, 2.05) is 0 Å². The van der Waals surface area contributed by atoms with Crippen molar-refractivity contribution in [3.63, 3.8) is 0 Å². The monoisotopic (exact) mass is 245 g/mol.